The summed E-state index contributed by atoms with van der Waals surface area (Å²) in [5.41, 5.74) is 0. The number of carboxylic acid groups (broad SMARTS) is 1. The van der Waals surface area contributed by atoms with Crippen LogP contribution in [0, 0.1) is 5.92 Å². The molecule has 0 saturated carbocycles. The zero-order chi connectivity index (χ0) is 10.6. The molecule has 1 aromatic rings. The van der Waals surface area contributed by atoms with Crippen LogP contribution in [-0.4, -0.2) is 29.4 Å². The molecule has 0 saturated heterocycles. The molecule has 14 heavy (non-hydrogen) atoms. The maximum atomic E-state index is 10.7. The van der Waals surface area contributed by atoms with Crippen molar-refractivity contribution < 1.29 is 19.7 Å². The number of thiophene rings is 1. The molecule has 0 aliphatic heterocycles. The first-order valence-corrected chi connectivity index (χ1v) is 5.07. The molecule has 4 nitrogen and oxygen atoms in total. The lowest BCUT2D eigenvalue weighted by molar-refractivity contribution is 0.0696. The fourth-order valence-electron chi connectivity index (χ4n) is 0.852. The Morgan fingerprint density at radius 2 is 2.43 bits per heavy atom. The minimum atomic E-state index is -0.980. The van der Waals surface area contributed by atoms with Gasteiger partial charge in [-0.15, -0.1) is 11.3 Å². The highest BCUT2D eigenvalue weighted by molar-refractivity contribution is 7.12. The maximum Gasteiger partial charge on any atom is 0.349 e. The highest BCUT2D eigenvalue weighted by Crippen LogP contribution is 2.24. The number of hydrogen-bond donors (Lipinski definition) is 2. The molecule has 1 rings (SSSR count). The average Bonchev–Trinajstić information content (AvgIpc) is 2.62. The summed E-state index contributed by atoms with van der Waals surface area (Å²) in [5, 5.41) is 19.2. The van der Waals surface area contributed by atoms with Crippen molar-refractivity contribution in [3.63, 3.8) is 0 Å². The van der Waals surface area contributed by atoms with Gasteiger partial charge < -0.3 is 14.9 Å². The molecule has 0 aliphatic rings. The molecule has 1 unspecified atom stereocenters. The number of ether oxygens (including phenoxy) is 1. The van der Waals surface area contributed by atoms with Crippen molar-refractivity contribution in [1.82, 2.24) is 0 Å². The fraction of sp³-hybridized carbons (Fsp3) is 0.444. The zero-order valence-electron chi connectivity index (χ0n) is 7.77. The van der Waals surface area contributed by atoms with Crippen molar-refractivity contribution in [1.29, 1.82) is 0 Å². The van der Waals surface area contributed by atoms with Gasteiger partial charge in [0.25, 0.3) is 0 Å². The zero-order valence-corrected chi connectivity index (χ0v) is 8.58. The van der Waals surface area contributed by atoms with E-state index in [2.05, 4.69) is 0 Å². The Hall–Kier alpha value is -1.07. The van der Waals surface area contributed by atoms with Gasteiger partial charge in [-0.3, -0.25) is 0 Å². The molecule has 0 fully saturated rings. The summed E-state index contributed by atoms with van der Waals surface area (Å²) >= 11 is 1.13. The fourth-order valence-corrected chi connectivity index (χ4v) is 1.52. The van der Waals surface area contributed by atoms with Crippen LogP contribution in [0.5, 0.6) is 5.75 Å². The summed E-state index contributed by atoms with van der Waals surface area (Å²) in [5.74, 6) is -0.592. The molecule has 0 amide bonds. The number of hydrogen-bond acceptors (Lipinski definition) is 4. The van der Waals surface area contributed by atoms with E-state index in [1.165, 1.54) is 0 Å². The molecule has 0 bridgehead atoms. The van der Waals surface area contributed by atoms with Crippen LogP contribution in [-0.2, 0) is 0 Å². The molecular weight excluding hydrogens is 204 g/mol. The second-order valence-electron chi connectivity index (χ2n) is 3.02. The van der Waals surface area contributed by atoms with E-state index in [4.69, 9.17) is 14.9 Å². The quantitative estimate of drug-likeness (QED) is 0.781. The molecule has 5 heteroatoms. The summed E-state index contributed by atoms with van der Waals surface area (Å²) in [7, 11) is 0. The minimum Gasteiger partial charge on any atom is -0.491 e. The van der Waals surface area contributed by atoms with Crippen LogP contribution in [0.15, 0.2) is 11.4 Å². The van der Waals surface area contributed by atoms with Gasteiger partial charge in [0.05, 0.1) is 6.61 Å². The molecule has 0 aliphatic carbocycles. The van der Waals surface area contributed by atoms with E-state index in [0.717, 1.165) is 11.3 Å². The van der Waals surface area contributed by atoms with Crippen molar-refractivity contribution in [3.05, 3.63) is 16.3 Å². The number of aliphatic hydroxyl groups is 1. The summed E-state index contributed by atoms with van der Waals surface area (Å²) in [6.45, 7) is 2.19. The molecule has 2 N–H and O–H groups in total. The molecular formula is C9H12O4S. The Labute approximate surface area is 85.8 Å². The van der Waals surface area contributed by atoms with Crippen LogP contribution in [0.3, 0.4) is 0 Å². The van der Waals surface area contributed by atoms with Gasteiger partial charge in [-0.2, -0.15) is 0 Å². The van der Waals surface area contributed by atoms with E-state index < -0.39 is 5.97 Å². The summed E-state index contributed by atoms with van der Waals surface area (Å²) in [6.07, 6.45) is 0. The number of rotatable bonds is 5. The van der Waals surface area contributed by atoms with Crippen molar-refractivity contribution in [2.24, 2.45) is 5.92 Å². The van der Waals surface area contributed by atoms with Gasteiger partial charge in [-0.1, -0.05) is 6.92 Å². The predicted octanol–water partition coefficient (Wildman–Crippen LogP) is 1.45. The normalized spacial score (nSPS) is 12.4. The van der Waals surface area contributed by atoms with Crippen molar-refractivity contribution >= 4 is 17.3 Å². The molecule has 0 spiro atoms. The van der Waals surface area contributed by atoms with Crippen LogP contribution in [0.25, 0.3) is 0 Å². The van der Waals surface area contributed by atoms with Gasteiger partial charge in [0.15, 0.2) is 4.88 Å². The summed E-state index contributed by atoms with van der Waals surface area (Å²) < 4.78 is 5.26. The Balaban J connectivity index is 2.58. The number of aromatic carboxylic acids is 1. The predicted molar refractivity (Wildman–Crippen MR) is 53.0 cm³/mol. The summed E-state index contributed by atoms with van der Waals surface area (Å²) in [6, 6.07) is 1.62. The smallest absolute Gasteiger partial charge is 0.349 e. The first kappa shape index (κ1) is 11.0. The summed E-state index contributed by atoms with van der Waals surface area (Å²) in [4.78, 5) is 10.9. The molecule has 1 aromatic heterocycles. The monoisotopic (exact) mass is 216 g/mol. The molecule has 0 radical (unpaired) electrons. The highest BCUT2D eigenvalue weighted by atomic mass is 32.1. The Kier molecular flexibility index (Phi) is 3.91. The highest BCUT2D eigenvalue weighted by Gasteiger charge is 2.13. The van der Waals surface area contributed by atoms with E-state index in [1.807, 2.05) is 6.92 Å². The van der Waals surface area contributed by atoms with E-state index >= 15 is 0 Å². The Morgan fingerprint density at radius 3 is 3.00 bits per heavy atom. The first-order chi connectivity index (χ1) is 6.65. The second-order valence-corrected chi connectivity index (χ2v) is 3.93. The molecule has 1 atom stereocenters. The Morgan fingerprint density at radius 1 is 1.71 bits per heavy atom. The van der Waals surface area contributed by atoms with Gasteiger partial charge in [-0.25, -0.2) is 4.79 Å². The SMILES string of the molecule is CC(CO)COc1ccsc1C(=O)O. The average molecular weight is 216 g/mol. The third-order valence-electron chi connectivity index (χ3n) is 1.66. The van der Waals surface area contributed by atoms with Crippen molar-refractivity contribution in [2.45, 2.75) is 6.92 Å². The maximum absolute atomic E-state index is 10.7. The van der Waals surface area contributed by atoms with Crippen LogP contribution in [0.2, 0.25) is 0 Å². The second kappa shape index (κ2) is 4.97. The van der Waals surface area contributed by atoms with Gasteiger partial charge in [0.1, 0.15) is 5.75 Å². The topological polar surface area (TPSA) is 66.8 Å². The lowest BCUT2D eigenvalue weighted by atomic mass is 10.2. The number of carboxylic acids is 1. The van der Waals surface area contributed by atoms with Crippen LogP contribution >= 0.6 is 11.3 Å². The van der Waals surface area contributed by atoms with E-state index in [1.54, 1.807) is 11.4 Å². The largest absolute Gasteiger partial charge is 0.491 e. The lowest BCUT2D eigenvalue weighted by Gasteiger charge is -2.09. The standard InChI is InChI=1S/C9H12O4S/c1-6(4-10)5-13-7-2-3-14-8(7)9(11)12/h2-3,6,10H,4-5H2,1H3,(H,11,12). The van der Waals surface area contributed by atoms with Crippen LogP contribution in [0.4, 0.5) is 0 Å². The lowest BCUT2D eigenvalue weighted by Crippen LogP contribution is -2.12. The minimum absolute atomic E-state index is 0.0107. The Bertz CT molecular complexity index is 308. The number of aliphatic hydroxyl groups excluding tert-OH is 1. The van der Waals surface area contributed by atoms with E-state index in [0.29, 0.717) is 12.4 Å². The number of carbonyl (C=O) groups is 1. The third-order valence-corrected chi connectivity index (χ3v) is 2.54. The van der Waals surface area contributed by atoms with E-state index in [9.17, 15) is 4.79 Å². The van der Waals surface area contributed by atoms with Gasteiger partial charge in [-0.05, 0) is 11.4 Å². The van der Waals surface area contributed by atoms with Crippen LogP contribution in [0.1, 0.15) is 16.6 Å². The van der Waals surface area contributed by atoms with Crippen LogP contribution < -0.4 is 4.74 Å². The van der Waals surface area contributed by atoms with Crippen molar-refractivity contribution in [3.8, 4) is 5.75 Å². The molecule has 78 valence electrons. The molecule has 1 heterocycles. The molecule has 0 aromatic carbocycles. The first-order valence-electron chi connectivity index (χ1n) is 4.19. The van der Waals surface area contributed by atoms with Gasteiger partial charge in [0, 0.05) is 12.5 Å². The third kappa shape index (κ3) is 2.71. The van der Waals surface area contributed by atoms with E-state index in [-0.39, 0.29) is 17.4 Å². The van der Waals surface area contributed by atoms with Gasteiger partial charge >= 0.3 is 5.97 Å². The van der Waals surface area contributed by atoms with Crippen molar-refractivity contribution in [2.75, 3.05) is 13.2 Å². The van der Waals surface area contributed by atoms with Gasteiger partial charge in [0.2, 0.25) is 0 Å².